The van der Waals surface area contributed by atoms with E-state index < -0.39 is 5.54 Å². The van der Waals surface area contributed by atoms with E-state index in [-0.39, 0.29) is 11.9 Å². The number of carbonyl (C=O) groups excluding carboxylic acids is 2. The second kappa shape index (κ2) is 4.44. The molecule has 2 fully saturated rings. The summed E-state index contributed by atoms with van der Waals surface area (Å²) in [6.45, 7) is 2.92. The van der Waals surface area contributed by atoms with Crippen molar-refractivity contribution < 1.29 is 14.3 Å². The Hall–Kier alpha value is -1.06. The Bertz CT molecular complexity index is 303. The van der Waals surface area contributed by atoms with Crippen molar-refractivity contribution in [3.63, 3.8) is 0 Å². The van der Waals surface area contributed by atoms with Gasteiger partial charge in [0.05, 0.1) is 6.61 Å². The quantitative estimate of drug-likeness (QED) is 0.669. The number of ether oxygens (including phenoxy) is 1. The summed E-state index contributed by atoms with van der Waals surface area (Å²) >= 11 is 0. The Morgan fingerprint density at radius 2 is 2.12 bits per heavy atom. The lowest BCUT2D eigenvalue weighted by atomic mass is 9.91. The van der Waals surface area contributed by atoms with Crippen molar-refractivity contribution in [1.82, 2.24) is 4.90 Å². The molecule has 4 heteroatoms. The number of esters is 1. The molecular formula is C12H19NO3. The molecule has 16 heavy (non-hydrogen) atoms. The maximum atomic E-state index is 12.1. The Balaban J connectivity index is 2.25. The number of carbonyl (C=O) groups is 2. The summed E-state index contributed by atoms with van der Waals surface area (Å²) in [6.07, 6.45) is 4.90. The van der Waals surface area contributed by atoms with Gasteiger partial charge < -0.3 is 9.64 Å². The molecule has 0 N–H and O–H groups in total. The van der Waals surface area contributed by atoms with Crippen molar-refractivity contribution in [1.29, 1.82) is 0 Å². The Morgan fingerprint density at radius 3 is 2.88 bits per heavy atom. The van der Waals surface area contributed by atoms with Crippen LogP contribution in [0.2, 0.25) is 0 Å². The van der Waals surface area contributed by atoms with Crippen LogP contribution in [0.4, 0.5) is 0 Å². The molecule has 0 spiro atoms. The van der Waals surface area contributed by atoms with Gasteiger partial charge in [-0.1, -0.05) is 0 Å². The van der Waals surface area contributed by atoms with E-state index in [1.165, 1.54) is 0 Å². The van der Waals surface area contributed by atoms with Gasteiger partial charge in [-0.25, -0.2) is 4.79 Å². The molecule has 2 rings (SSSR count). The molecule has 1 unspecified atom stereocenters. The second-order valence-electron chi connectivity index (χ2n) is 4.61. The minimum Gasteiger partial charge on any atom is -0.464 e. The number of hydrogen-bond donors (Lipinski definition) is 0. The lowest BCUT2D eigenvalue weighted by molar-refractivity contribution is -0.161. The molecule has 0 radical (unpaired) electrons. The van der Waals surface area contributed by atoms with Gasteiger partial charge in [-0.05, 0) is 39.0 Å². The average Bonchev–Trinajstić information content (AvgIpc) is 2.63. The first-order valence-electron chi connectivity index (χ1n) is 6.18. The molecule has 2 heterocycles. The van der Waals surface area contributed by atoms with Gasteiger partial charge in [-0.2, -0.15) is 0 Å². The number of amides is 1. The van der Waals surface area contributed by atoms with Gasteiger partial charge in [-0.15, -0.1) is 0 Å². The molecule has 2 aliphatic heterocycles. The molecule has 0 bridgehead atoms. The summed E-state index contributed by atoms with van der Waals surface area (Å²) in [6, 6.07) is 0. The highest BCUT2D eigenvalue weighted by Crippen LogP contribution is 2.38. The first-order valence-corrected chi connectivity index (χ1v) is 6.18. The van der Waals surface area contributed by atoms with E-state index in [0.717, 1.165) is 38.6 Å². The second-order valence-corrected chi connectivity index (χ2v) is 4.61. The van der Waals surface area contributed by atoms with E-state index >= 15 is 0 Å². The van der Waals surface area contributed by atoms with Crippen LogP contribution in [0.25, 0.3) is 0 Å². The van der Waals surface area contributed by atoms with Crippen LogP contribution in [0, 0.1) is 0 Å². The zero-order valence-corrected chi connectivity index (χ0v) is 9.83. The summed E-state index contributed by atoms with van der Waals surface area (Å²) in [7, 11) is 0. The molecule has 1 amide bonds. The summed E-state index contributed by atoms with van der Waals surface area (Å²) in [5.74, 6) is -0.0641. The molecule has 0 aromatic carbocycles. The summed E-state index contributed by atoms with van der Waals surface area (Å²) in [4.78, 5) is 25.8. The SMILES string of the molecule is CCOC(=O)C12CCCCC(=O)N1CCC2. The first kappa shape index (κ1) is 11.4. The van der Waals surface area contributed by atoms with Crippen LogP contribution in [-0.2, 0) is 14.3 Å². The lowest BCUT2D eigenvalue weighted by Gasteiger charge is -2.34. The van der Waals surface area contributed by atoms with Crippen molar-refractivity contribution in [2.45, 2.75) is 51.0 Å². The zero-order chi connectivity index (χ0) is 11.6. The highest BCUT2D eigenvalue weighted by Gasteiger charge is 2.51. The van der Waals surface area contributed by atoms with Gasteiger partial charge in [0.25, 0.3) is 0 Å². The van der Waals surface area contributed by atoms with E-state index in [4.69, 9.17) is 4.74 Å². The van der Waals surface area contributed by atoms with E-state index in [1.54, 1.807) is 4.90 Å². The highest BCUT2D eigenvalue weighted by atomic mass is 16.5. The smallest absolute Gasteiger partial charge is 0.332 e. The largest absolute Gasteiger partial charge is 0.464 e. The number of hydrogen-bond acceptors (Lipinski definition) is 3. The van der Waals surface area contributed by atoms with E-state index in [0.29, 0.717) is 13.0 Å². The van der Waals surface area contributed by atoms with Gasteiger partial charge in [0.2, 0.25) is 5.91 Å². The standard InChI is InChI=1S/C12H19NO3/c1-2-16-11(15)12-7-4-3-6-10(14)13(12)9-5-8-12/h2-9H2,1H3. The molecule has 2 saturated heterocycles. The van der Waals surface area contributed by atoms with Gasteiger partial charge in [0.15, 0.2) is 0 Å². The van der Waals surface area contributed by atoms with Gasteiger partial charge in [0, 0.05) is 13.0 Å². The first-order chi connectivity index (χ1) is 7.70. The topological polar surface area (TPSA) is 46.6 Å². The van der Waals surface area contributed by atoms with Crippen molar-refractivity contribution in [3.8, 4) is 0 Å². The van der Waals surface area contributed by atoms with Crippen molar-refractivity contribution in [2.75, 3.05) is 13.2 Å². The van der Waals surface area contributed by atoms with Crippen molar-refractivity contribution in [3.05, 3.63) is 0 Å². The third-order valence-electron chi connectivity index (χ3n) is 3.68. The maximum Gasteiger partial charge on any atom is 0.332 e. The van der Waals surface area contributed by atoms with Crippen LogP contribution in [0.1, 0.15) is 45.4 Å². The predicted molar refractivity (Wildman–Crippen MR) is 58.8 cm³/mol. The summed E-state index contributed by atoms with van der Waals surface area (Å²) in [5, 5.41) is 0. The van der Waals surface area contributed by atoms with E-state index in [9.17, 15) is 9.59 Å². The zero-order valence-electron chi connectivity index (χ0n) is 9.83. The Kier molecular flexibility index (Phi) is 3.17. The minimum atomic E-state index is -0.621. The van der Waals surface area contributed by atoms with Crippen molar-refractivity contribution >= 4 is 11.9 Å². The summed E-state index contributed by atoms with van der Waals surface area (Å²) < 4.78 is 5.16. The fraction of sp³-hybridized carbons (Fsp3) is 0.833. The average molecular weight is 225 g/mol. The van der Waals surface area contributed by atoms with Gasteiger partial charge in [0.1, 0.15) is 5.54 Å². The van der Waals surface area contributed by atoms with Crippen molar-refractivity contribution in [2.24, 2.45) is 0 Å². The van der Waals surface area contributed by atoms with Crippen LogP contribution >= 0.6 is 0 Å². The van der Waals surface area contributed by atoms with Gasteiger partial charge >= 0.3 is 5.97 Å². The molecule has 0 saturated carbocycles. The van der Waals surface area contributed by atoms with Crippen LogP contribution in [0.15, 0.2) is 0 Å². The molecule has 4 nitrogen and oxygen atoms in total. The highest BCUT2D eigenvalue weighted by molar-refractivity contribution is 5.89. The van der Waals surface area contributed by atoms with Crippen LogP contribution < -0.4 is 0 Å². The molecule has 2 aliphatic rings. The maximum absolute atomic E-state index is 12.1. The van der Waals surface area contributed by atoms with E-state index in [2.05, 4.69) is 0 Å². The van der Waals surface area contributed by atoms with E-state index in [1.807, 2.05) is 6.92 Å². The minimum absolute atomic E-state index is 0.128. The predicted octanol–water partition coefficient (Wildman–Crippen LogP) is 1.48. The number of nitrogens with zero attached hydrogens (tertiary/aromatic N) is 1. The third kappa shape index (κ3) is 1.70. The Labute approximate surface area is 95.9 Å². The summed E-state index contributed by atoms with van der Waals surface area (Å²) in [5.41, 5.74) is -0.621. The molecule has 0 aliphatic carbocycles. The molecule has 0 aromatic heterocycles. The third-order valence-corrected chi connectivity index (χ3v) is 3.68. The monoisotopic (exact) mass is 225 g/mol. The molecule has 1 atom stereocenters. The fourth-order valence-electron chi connectivity index (χ4n) is 2.91. The molecular weight excluding hydrogens is 206 g/mol. The fourth-order valence-corrected chi connectivity index (χ4v) is 2.91. The molecule has 90 valence electrons. The van der Waals surface area contributed by atoms with Crippen LogP contribution in [0.3, 0.4) is 0 Å². The van der Waals surface area contributed by atoms with Gasteiger partial charge in [-0.3, -0.25) is 4.79 Å². The van der Waals surface area contributed by atoms with Crippen LogP contribution in [-0.4, -0.2) is 35.5 Å². The normalized spacial score (nSPS) is 29.8. The van der Waals surface area contributed by atoms with Crippen LogP contribution in [0.5, 0.6) is 0 Å². The Morgan fingerprint density at radius 1 is 1.38 bits per heavy atom. The molecule has 0 aromatic rings. The number of fused-ring (bicyclic) bond motifs is 1. The number of rotatable bonds is 2. The lowest BCUT2D eigenvalue weighted by Crippen LogP contribution is -2.52.